The lowest BCUT2D eigenvalue weighted by Gasteiger charge is -2.18. The molecule has 0 unspecified atom stereocenters. The molecule has 1 amide bonds. The normalized spacial score (nSPS) is 12.0. The molecule has 0 fully saturated rings. The molecule has 14 heteroatoms. The van der Waals surface area contributed by atoms with E-state index in [-0.39, 0.29) is 21.6 Å². The topological polar surface area (TPSA) is 59.0 Å². The Bertz CT molecular complexity index is 1180. The monoisotopic (exact) mass is 516 g/mol. The van der Waals surface area contributed by atoms with Crippen LogP contribution in [0.1, 0.15) is 21.6 Å². The van der Waals surface area contributed by atoms with Crippen LogP contribution in [0.3, 0.4) is 0 Å². The van der Waals surface area contributed by atoms with E-state index >= 15 is 0 Å². The fourth-order valence-corrected chi connectivity index (χ4v) is 3.45. The molecule has 0 saturated heterocycles. The van der Waals surface area contributed by atoms with Gasteiger partial charge in [-0.1, -0.05) is 34.8 Å². The Morgan fingerprint density at radius 1 is 0.969 bits per heavy atom. The lowest BCUT2D eigenvalue weighted by molar-refractivity contribution is -0.138. The number of amides is 1. The van der Waals surface area contributed by atoms with E-state index in [2.05, 4.69) is 15.8 Å². The second-order valence-corrected chi connectivity index (χ2v) is 7.43. The molecule has 0 radical (unpaired) electrons. The predicted molar refractivity (Wildman–Crippen MR) is 106 cm³/mol. The van der Waals surface area contributed by atoms with Crippen molar-refractivity contribution in [2.75, 3.05) is 5.43 Å². The quantitative estimate of drug-likeness (QED) is 0.302. The molecule has 2 heterocycles. The Morgan fingerprint density at radius 3 is 2.25 bits per heavy atom. The SMILES string of the molecule is O=C(NNc1ncc(C(F)(F)F)cc1Cl)c1cccn1-c1c(Cl)cc(Cl)cc1C(F)(F)F. The molecule has 0 aliphatic heterocycles. The second kappa shape index (κ2) is 8.72. The number of pyridine rings is 1. The molecule has 0 saturated carbocycles. The standard InChI is InChI=1S/C18H9Cl3F6N4O/c19-9-5-10(18(25,26)27)14(11(20)6-9)31-3-1-2-13(31)16(32)30-29-15-12(21)4-8(7-28-15)17(22,23)24/h1-7H,(H,28,29)(H,30,32). The number of anilines is 1. The minimum atomic E-state index is -4.84. The van der Waals surface area contributed by atoms with Crippen LogP contribution in [0.2, 0.25) is 15.1 Å². The summed E-state index contributed by atoms with van der Waals surface area (Å²) in [6, 6.07) is 4.83. The first-order valence-corrected chi connectivity index (χ1v) is 9.45. The summed E-state index contributed by atoms with van der Waals surface area (Å²) in [5.41, 5.74) is 1.23. The third-order valence-corrected chi connectivity index (χ3v) is 4.81. The number of rotatable bonds is 4. The van der Waals surface area contributed by atoms with Gasteiger partial charge in [0.05, 0.1) is 26.9 Å². The first-order chi connectivity index (χ1) is 14.8. The average Bonchev–Trinajstić information content (AvgIpc) is 3.14. The molecular weight excluding hydrogens is 509 g/mol. The van der Waals surface area contributed by atoms with Gasteiger partial charge in [0.2, 0.25) is 0 Å². The van der Waals surface area contributed by atoms with E-state index in [1.807, 2.05) is 0 Å². The molecule has 0 spiro atoms. The first-order valence-electron chi connectivity index (χ1n) is 8.32. The van der Waals surface area contributed by atoms with E-state index in [1.165, 1.54) is 18.3 Å². The van der Waals surface area contributed by atoms with Gasteiger partial charge in [0, 0.05) is 17.4 Å². The van der Waals surface area contributed by atoms with Crippen molar-refractivity contribution in [3.05, 3.63) is 74.6 Å². The van der Waals surface area contributed by atoms with Gasteiger partial charge >= 0.3 is 12.4 Å². The number of nitrogens with one attached hydrogen (secondary N) is 2. The van der Waals surface area contributed by atoms with Gasteiger partial charge in [-0.25, -0.2) is 4.98 Å². The summed E-state index contributed by atoms with van der Waals surface area (Å²) < 4.78 is 79.5. The largest absolute Gasteiger partial charge is 0.418 e. The Kier molecular flexibility index (Phi) is 6.55. The summed E-state index contributed by atoms with van der Waals surface area (Å²) in [7, 11) is 0. The minimum absolute atomic E-state index is 0.256. The number of hydrogen-bond acceptors (Lipinski definition) is 3. The molecule has 0 aliphatic rings. The molecule has 3 rings (SSSR count). The molecule has 0 bridgehead atoms. The maximum absolute atomic E-state index is 13.5. The molecule has 32 heavy (non-hydrogen) atoms. The van der Waals surface area contributed by atoms with Crippen LogP contribution in [0.15, 0.2) is 42.7 Å². The van der Waals surface area contributed by atoms with Crippen LogP contribution in [0.5, 0.6) is 0 Å². The molecule has 1 aromatic carbocycles. The Morgan fingerprint density at radius 2 is 1.66 bits per heavy atom. The van der Waals surface area contributed by atoms with E-state index in [9.17, 15) is 31.1 Å². The molecule has 170 valence electrons. The van der Waals surface area contributed by atoms with Gasteiger partial charge in [0.1, 0.15) is 5.69 Å². The van der Waals surface area contributed by atoms with E-state index in [1.54, 1.807) is 0 Å². The highest BCUT2D eigenvalue weighted by Crippen LogP contribution is 2.40. The zero-order valence-corrected chi connectivity index (χ0v) is 17.5. The number of carbonyl (C=O) groups is 1. The van der Waals surface area contributed by atoms with Crippen LogP contribution in [-0.2, 0) is 12.4 Å². The van der Waals surface area contributed by atoms with Gasteiger partial charge in [-0.05, 0) is 30.3 Å². The number of hydrazine groups is 1. The van der Waals surface area contributed by atoms with E-state index < -0.39 is 40.1 Å². The minimum Gasteiger partial charge on any atom is -0.310 e. The van der Waals surface area contributed by atoms with Crippen LogP contribution < -0.4 is 10.9 Å². The highest BCUT2D eigenvalue weighted by Gasteiger charge is 2.36. The van der Waals surface area contributed by atoms with Crippen molar-refractivity contribution in [2.45, 2.75) is 12.4 Å². The van der Waals surface area contributed by atoms with Gasteiger partial charge in [-0.3, -0.25) is 15.6 Å². The average molecular weight is 518 g/mol. The Hall–Kier alpha value is -2.63. The van der Waals surface area contributed by atoms with Gasteiger partial charge in [-0.2, -0.15) is 26.3 Å². The molecular formula is C18H9Cl3F6N4O. The molecule has 3 aromatic rings. The van der Waals surface area contributed by atoms with Crippen molar-refractivity contribution in [3.63, 3.8) is 0 Å². The molecule has 2 aromatic heterocycles. The predicted octanol–water partition coefficient (Wildman–Crippen LogP) is 6.63. The van der Waals surface area contributed by atoms with Gasteiger partial charge in [0.25, 0.3) is 5.91 Å². The number of benzene rings is 1. The smallest absolute Gasteiger partial charge is 0.310 e. The van der Waals surface area contributed by atoms with Gasteiger partial charge in [0.15, 0.2) is 5.82 Å². The number of hydrogen-bond donors (Lipinski definition) is 2. The van der Waals surface area contributed by atoms with Crippen molar-refractivity contribution in [1.82, 2.24) is 15.0 Å². The lowest BCUT2D eigenvalue weighted by atomic mass is 10.1. The maximum atomic E-state index is 13.5. The third kappa shape index (κ3) is 5.05. The summed E-state index contributed by atoms with van der Waals surface area (Å²) in [6.45, 7) is 0. The van der Waals surface area contributed by atoms with E-state index in [0.29, 0.717) is 18.3 Å². The zero-order valence-electron chi connectivity index (χ0n) is 15.2. The molecule has 5 nitrogen and oxygen atoms in total. The maximum Gasteiger partial charge on any atom is 0.418 e. The van der Waals surface area contributed by atoms with Crippen LogP contribution in [-0.4, -0.2) is 15.5 Å². The highest BCUT2D eigenvalue weighted by molar-refractivity contribution is 6.36. The van der Waals surface area contributed by atoms with Crippen molar-refractivity contribution < 1.29 is 31.1 Å². The fourth-order valence-electron chi connectivity index (χ4n) is 2.65. The van der Waals surface area contributed by atoms with Crippen LogP contribution in [0.25, 0.3) is 5.69 Å². The van der Waals surface area contributed by atoms with Crippen molar-refractivity contribution in [2.24, 2.45) is 0 Å². The number of alkyl halides is 6. The van der Waals surface area contributed by atoms with Crippen LogP contribution >= 0.6 is 34.8 Å². The zero-order chi connectivity index (χ0) is 23.8. The molecule has 0 aliphatic carbocycles. The van der Waals surface area contributed by atoms with Gasteiger partial charge < -0.3 is 4.57 Å². The first kappa shape index (κ1) is 24.0. The second-order valence-electron chi connectivity index (χ2n) is 6.18. The lowest BCUT2D eigenvalue weighted by Crippen LogP contribution is -2.31. The molecule has 0 atom stereocenters. The third-order valence-electron chi connectivity index (χ3n) is 4.02. The Balaban J connectivity index is 1.90. The van der Waals surface area contributed by atoms with Crippen molar-refractivity contribution in [3.8, 4) is 5.69 Å². The van der Waals surface area contributed by atoms with Crippen molar-refractivity contribution >= 4 is 46.5 Å². The number of carbonyl (C=O) groups excluding carboxylic acids is 1. The summed E-state index contributed by atoms with van der Waals surface area (Å²) >= 11 is 17.4. The summed E-state index contributed by atoms with van der Waals surface area (Å²) in [5.74, 6) is -1.27. The Labute approximate surface area is 190 Å². The number of nitrogens with zero attached hydrogens (tertiary/aromatic N) is 2. The number of aromatic nitrogens is 2. The highest BCUT2D eigenvalue weighted by atomic mass is 35.5. The van der Waals surface area contributed by atoms with E-state index in [0.717, 1.165) is 10.6 Å². The van der Waals surface area contributed by atoms with Crippen LogP contribution in [0.4, 0.5) is 32.2 Å². The summed E-state index contributed by atoms with van der Waals surface area (Å²) in [6.07, 6.45) is -7.85. The fraction of sp³-hybridized carbons (Fsp3) is 0.111. The number of halogens is 9. The summed E-state index contributed by atoms with van der Waals surface area (Å²) in [5, 5.41) is -1.07. The van der Waals surface area contributed by atoms with E-state index in [4.69, 9.17) is 34.8 Å². The van der Waals surface area contributed by atoms with Gasteiger partial charge in [-0.15, -0.1) is 0 Å². The van der Waals surface area contributed by atoms with Crippen LogP contribution in [0, 0.1) is 0 Å². The van der Waals surface area contributed by atoms with Crippen molar-refractivity contribution in [1.29, 1.82) is 0 Å². The summed E-state index contributed by atoms with van der Waals surface area (Å²) in [4.78, 5) is 16.0. The molecule has 2 N–H and O–H groups in total.